The largest absolute Gasteiger partial charge is 0.310 e. The number of hydrogen-bond acceptors (Lipinski definition) is 3. The molecule has 0 radical (unpaired) electrons. The van der Waals surface area contributed by atoms with Gasteiger partial charge in [0.15, 0.2) is 0 Å². The molecule has 0 spiro atoms. The van der Waals surface area contributed by atoms with Crippen molar-refractivity contribution >= 4 is 23.4 Å². The first-order valence-electron chi connectivity index (χ1n) is 7.09. The lowest BCUT2D eigenvalue weighted by atomic mass is 10.2. The Labute approximate surface area is 136 Å². The Morgan fingerprint density at radius 2 is 1.95 bits per heavy atom. The molecule has 0 amide bonds. The molecular weight excluding hydrogens is 300 g/mol. The van der Waals surface area contributed by atoms with Crippen molar-refractivity contribution in [2.24, 2.45) is 0 Å². The van der Waals surface area contributed by atoms with E-state index in [9.17, 15) is 0 Å². The van der Waals surface area contributed by atoms with Crippen molar-refractivity contribution < 1.29 is 0 Å². The first kappa shape index (κ1) is 16.3. The summed E-state index contributed by atoms with van der Waals surface area (Å²) in [7, 11) is 0. The minimum Gasteiger partial charge on any atom is -0.310 e. The van der Waals surface area contributed by atoms with Gasteiger partial charge in [-0.2, -0.15) is 0 Å². The highest BCUT2D eigenvalue weighted by Gasteiger charge is 2.06. The molecule has 0 fully saturated rings. The van der Waals surface area contributed by atoms with Gasteiger partial charge in [-0.15, -0.1) is 0 Å². The summed E-state index contributed by atoms with van der Waals surface area (Å²) in [5.74, 6) is 0. The third kappa shape index (κ3) is 5.03. The molecule has 0 bridgehead atoms. The summed E-state index contributed by atoms with van der Waals surface area (Å²) in [5.41, 5.74) is 3.40. The van der Waals surface area contributed by atoms with E-state index in [-0.39, 0.29) is 0 Å². The Kier molecular flexibility index (Phi) is 5.68. The number of nitrogens with zero attached hydrogens (tertiary/aromatic N) is 1. The molecule has 2 aromatic rings. The smallest absolute Gasteiger partial charge is 0.101 e. The van der Waals surface area contributed by atoms with Crippen LogP contribution >= 0.6 is 23.4 Å². The van der Waals surface area contributed by atoms with Crippen LogP contribution in [0.5, 0.6) is 0 Å². The maximum atomic E-state index is 6.37. The molecule has 112 valence electrons. The SMILES string of the molecule is Cc1cc(C)nc(Sc2ccc(CNC(C)C)c(Cl)c2)c1. The van der Waals surface area contributed by atoms with E-state index in [2.05, 4.69) is 55.3 Å². The van der Waals surface area contributed by atoms with Gasteiger partial charge in [0, 0.05) is 28.2 Å². The van der Waals surface area contributed by atoms with E-state index < -0.39 is 0 Å². The fourth-order valence-electron chi connectivity index (χ4n) is 2.03. The lowest BCUT2D eigenvalue weighted by Gasteiger charge is -2.11. The monoisotopic (exact) mass is 320 g/mol. The maximum absolute atomic E-state index is 6.37. The van der Waals surface area contributed by atoms with Crippen molar-refractivity contribution in [3.05, 3.63) is 52.2 Å². The minimum atomic E-state index is 0.453. The van der Waals surface area contributed by atoms with Crippen molar-refractivity contribution in [3.8, 4) is 0 Å². The second-order valence-corrected chi connectivity index (χ2v) is 7.02. The van der Waals surface area contributed by atoms with Crippen LogP contribution in [-0.4, -0.2) is 11.0 Å². The highest BCUT2D eigenvalue weighted by atomic mass is 35.5. The Bertz CT molecular complexity index is 606. The third-order valence-corrected chi connectivity index (χ3v) is 4.28. The van der Waals surface area contributed by atoms with E-state index in [0.717, 1.165) is 32.7 Å². The van der Waals surface area contributed by atoms with Gasteiger partial charge in [-0.1, -0.05) is 43.3 Å². The summed E-state index contributed by atoms with van der Waals surface area (Å²) in [6.07, 6.45) is 0. The Hall–Kier alpha value is -1.03. The normalized spacial score (nSPS) is 11.1. The molecule has 0 saturated heterocycles. The van der Waals surface area contributed by atoms with Crippen LogP contribution in [0.1, 0.15) is 30.7 Å². The molecule has 1 N–H and O–H groups in total. The van der Waals surface area contributed by atoms with E-state index >= 15 is 0 Å². The van der Waals surface area contributed by atoms with Gasteiger partial charge in [-0.25, -0.2) is 4.98 Å². The quantitative estimate of drug-likeness (QED) is 0.839. The summed E-state index contributed by atoms with van der Waals surface area (Å²) in [6, 6.07) is 10.8. The second kappa shape index (κ2) is 7.30. The molecule has 2 nitrogen and oxygen atoms in total. The predicted molar refractivity (Wildman–Crippen MR) is 91.3 cm³/mol. The first-order chi connectivity index (χ1) is 9.94. The summed E-state index contributed by atoms with van der Waals surface area (Å²) in [4.78, 5) is 5.66. The van der Waals surface area contributed by atoms with Crippen molar-refractivity contribution in [1.29, 1.82) is 0 Å². The summed E-state index contributed by atoms with van der Waals surface area (Å²) in [6.45, 7) is 9.16. The van der Waals surface area contributed by atoms with Crippen molar-refractivity contribution in [3.63, 3.8) is 0 Å². The summed E-state index contributed by atoms with van der Waals surface area (Å²) < 4.78 is 0. The number of halogens is 1. The molecule has 0 aliphatic carbocycles. The Balaban J connectivity index is 2.12. The molecule has 0 atom stereocenters. The lowest BCUT2D eigenvalue weighted by Crippen LogP contribution is -2.21. The number of rotatable bonds is 5. The molecule has 1 aromatic heterocycles. The lowest BCUT2D eigenvalue weighted by molar-refractivity contribution is 0.589. The number of nitrogens with one attached hydrogen (secondary N) is 1. The van der Waals surface area contributed by atoms with E-state index in [4.69, 9.17) is 11.6 Å². The van der Waals surface area contributed by atoms with Crippen LogP contribution in [-0.2, 0) is 6.54 Å². The fraction of sp³-hybridized carbons (Fsp3) is 0.353. The fourth-order valence-corrected chi connectivity index (χ4v) is 3.33. The number of benzene rings is 1. The second-order valence-electron chi connectivity index (χ2n) is 5.51. The number of aromatic nitrogens is 1. The van der Waals surface area contributed by atoms with Crippen LogP contribution in [0.15, 0.2) is 40.3 Å². The average Bonchev–Trinajstić information content (AvgIpc) is 2.36. The van der Waals surface area contributed by atoms with Gasteiger partial charge >= 0.3 is 0 Å². The molecule has 0 unspecified atom stereocenters. The van der Waals surface area contributed by atoms with E-state index in [1.54, 1.807) is 11.8 Å². The number of pyridine rings is 1. The van der Waals surface area contributed by atoms with Crippen LogP contribution in [0, 0.1) is 13.8 Å². The minimum absolute atomic E-state index is 0.453. The number of aryl methyl sites for hydroxylation is 2. The number of hydrogen-bond donors (Lipinski definition) is 1. The first-order valence-corrected chi connectivity index (χ1v) is 8.28. The van der Waals surface area contributed by atoms with Gasteiger partial charge in [0.2, 0.25) is 0 Å². The van der Waals surface area contributed by atoms with Crippen LogP contribution in [0.4, 0.5) is 0 Å². The highest BCUT2D eigenvalue weighted by molar-refractivity contribution is 7.99. The molecule has 2 rings (SSSR count). The van der Waals surface area contributed by atoms with Crippen molar-refractivity contribution in [2.75, 3.05) is 0 Å². The van der Waals surface area contributed by atoms with Gasteiger partial charge < -0.3 is 5.32 Å². The van der Waals surface area contributed by atoms with Gasteiger partial charge in [0.05, 0.1) is 0 Å². The standard InChI is InChI=1S/C17H21ClN2S/c1-11(2)19-10-14-5-6-15(9-16(14)18)21-17-8-12(3)7-13(4)20-17/h5-9,11,19H,10H2,1-4H3. The van der Waals surface area contributed by atoms with Crippen LogP contribution in [0.25, 0.3) is 0 Å². The molecule has 1 aromatic carbocycles. The Morgan fingerprint density at radius 3 is 2.57 bits per heavy atom. The topological polar surface area (TPSA) is 24.9 Å². The molecule has 0 aliphatic rings. The molecule has 0 aliphatic heterocycles. The maximum Gasteiger partial charge on any atom is 0.101 e. The van der Waals surface area contributed by atoms with Crippen LogP contribution in [0.3, 0.4) is 0 Å². The van der Waals surface area contributed by atoms with E-state index in [1.165, 1.54) is 5.56 Å². The zero-order valence-corrected chi connectivity index (χ0v) is 14.5. The average molecular weight is 321 g/mol. The van der Waals surface area contributed by atoms with E-state index in [0.29, 0.717) is 6.04 Å². The molecule has 1 heterocycles. The van der Waals surface area contributed by atoms with Gasteiger partial charge in [-0.3, -0.25) is 0 Å². The highest BCUT2D eigenvalue weighted by Crippen LogP contribution is 2.30. The zero-order chi connectivity index (χ0) is 15.4. The van der Waals surface area contributed by atoms with Crippen molar-refractivity contribution in [2.45, 2.75) is 50.2 Å². The molecule has 21 heavy (non-hydrogen) atoms. The van der Waals surface area contributed by atoms with E-state index in [1.807, 2.05) is 13.0 Å². The van der Waals surface area contributed by atoms with Gasteiger partial charge in [0.25, 0.3) is 0 Å². The molecule has 4 heteroatoms. The van der Waals surface area contributed by atoms with Gasteiger partial charge in [-0.05, 0) is 49.2 Å². The summed E-state index contributed by atoms with van der Waals surface area (Å²) in [5, 5.41) is 5.20. The Morgan fingerprint density at radius 1 is 1.19 bits per heavy atom. The third-order valence-electron chi connectivity index (χ3n) is 3.02. The zero-order valence-electron chi connectivity index (χ0n) is 12.9. The predicted octanol–water partition coefficient (Wildman–Crippen LogP) is 5.00. The van der Waals surface area contributed by atoms with Crippen LogP contribution < -0.4 is 5.32 Å². The molecular formula is C17H21ClN2S. The van der Waals surface area contributed by atoms with Gasteiger partial charge in [0.1, 0.15) is 5.03 Å². The summed E-state index contributed by atoms with van der Waals surface area (Å²) >= 11 is 8.02. The molecule has 0 saturated carbocycles. The van der Waals surface area contributed by atoms with Crippen LogP contribution in [0.2, 0.25) is 5.02 Å². The van der Waals surface area contributed by atoms with Crippen molar-refractivity contribution in [1.82, 2.24) is 10.3 Å².